The largest absolute Gasteiger partial charge is 0.445 e. The molecule has 1 heterocycles. The van der Waals surface area contributed by atoms with Crippen LogP contribution in [0.1, 0.15) is 11.3 Å². The molecule has 0 aliphatic heterocycles. The van der Waals surface area contributed by atoms with Crippen LogP contribution in [-0.2, 0) is 17.8 Å². The van der Waals surface area contributed by atoms with Crippen LogP contribution in [-0.4, -0.2) is 17.6 Å². The lowest BCUT2D eigenvalue weighted by atomic mass is 10.2. The molecule has 0 saturated heterocycles. The summed E-state index contributed by atoms with van der Waals surface area (Å²) in [5.74, 6) is 0. The summed E-state index contributed by atoms with van der Waals surface area (Å²) in [4.78, 5) is 15.5. The second-order valence-corrected chi connectivity index (χ2v) is 6.11. The van der Waals surface area contributed by atoms with Gasteiger partial charge < -0.3 is 10.1 Å². The van der Waals surface area contributed by atoms with Crippen molar-refractivity contribution in [3.8, 4) is 0 Å². The van der Waals surface area contributed by atoms with Crippen LogP contribution in [0, 0.1) is 0 Å². The second-order valence-electron chi connectivity index (χ2n) is 3.93. The Bertz CT molecular complexity index is 575. The van der Waals surface area contributed by atoms with Crippen LogP contribution in [0.15, 0.2) is 30.3 Å². The summed E-state index contributed by atoms with van der Waals surface area (Å²) in [5.41, 5.74) is 1.63. The first-order chi connectivity index (χ1) is 9.65. The molecule has 0 aliphatic rings. The van der Waals surface area contributed by atoms with E-state index in [9.17, 15) is 4.79 Å². The Kier molecular flexibility index (Phi) is 5.64. The van der Waals surface area contributed by atoms with Crippen LogP contribution in [0.25, 0.3) is 0 Å². The van der Waals surface area contributed by atoms with Crippen LogP contribution < -0.4 is 5.32 Å². The Morgan fingerprint density at radius 2 is 2.05 bits per heavy atom. The average molecular weight is 331 g/mol. The van der Waals surface area contributed by atoms with Gasteiger partial charge in [0.1, 0.15) is 10.9 Å². The summed E-state index contributed by atoms with van der Waals surface area (Å²) in [6.07, 6.45) is 0.0500. The number of alkyl carbamates (subject to hydrolysis) is 1. The van der Waals surface area contributed by atoms with Gasteiger partial charge in [-0.3, -0.25) is 0 Å². The van der Waals surface area contributed by atoms with Crippen molar-refractivity contribution in [1.29, 1.82) is 0 Å². The number of nitrogens with one attached hydrogen (secondary N) is 1. The average Bonchev–Trinajstić information content (AvgIpc) is 2.76. The van der Waals surface area contributed by atoms with Crippen molar-refractivity contribution >= 4 is 40.6 Å². The molecule has 0 unspecified atom stereocenters. The molecule has 0 radical (unpaired) electrons. The number of hydrogen-bond acceptors (Lipinski definition) is 4. The van der Waals surface area contributed by atoms with Crippen LogP contribution in [0.5, 0.6) is 0 Å². The van der Waals surface area contributed by atoms with Crippen LogP contribution in [0.2, 0.25) is 8.80 Å². The molecule has 2 rings (SSSR count). The summed E-state index contributed by atoms with van der Waals surface area (Å²) < 4.78 is 6.02. The van der Waals surface area contributed by atoms with Gasteiger partial charge in [-0.1, -0.05) is 64.9 Å². The van der Waals surface area contributed by atoms with E-state index in [-0.39, 0.29) is 6.61 Å². The van der Waals surface area contributed by atoms with E-state index in [1.165, 1.54) is 11.3 Å². The zero-order valence-electron chi connectivity index (χ0n) is 10.4. The number of halogens is 2. The highest BCUT2D eigenvalue weighted by Crippen LogP contribution is 2.27. The number of carbonyl (C=O) groups excluding carboxylic acids is 1. The first-order valence-corrected chi connectivity index (χ1v) is 7.47. The van der Waals surface area contributed by atoms with E-state index in [2.05, 4.69) is 10.3 Å². The topological polar surface area (TPSA) is 51.2 Å². The second kappa shape index (κ2) is 7.47. The molecule has 0 bridgehead atoms. The van der Waals surface area contributed by atoms with Gasteiger partial charge in [-0.05, 0) is 5.56 Å². The zero-order chi connectivity index (χ0) is 14.4. The Morgan fingerprint density at radius 3 is 2.70 bits per heavy atom. The predicted molar refractivity (Wildman–Crippen MR) is 80.5 cm³/mol. The van der Waals surface area contributed by atoms with E-state index in [0.29, 0.717) is 27.5 Å². The van der Waals surface area contributed by atoms with Gasteiger partial charge in [0, 0.05) is 13.0 Å². The van der Waals surface area contributed by atoms with E-state index >= 15 is 0 Å². The molecule has 1 aromatic heterocycles. The summed E-state index contributed by atoms with van der Waals surface area (Å²) in [6.45, 7) is 0.642. The molecule has 0 fully saturated rings. The van der Waals surface area contributed by atoms with Crippen molar-refractivity contribution in [2.45, 2.75) is 13.0 Å². The molecular formula is C13H12Cl2N2O2S. The van der Waals surface area contributed by atoms with Crippen molar-refractivity contribution in [3.63, 3.8) is 0 Å². The van der Waals surface area contributed by atoms with Gasteiger partial charge in [-0.25, -0.2) is 9.78 Å². The van der Waals surface area contributed by atoms with Gasteiger partial charge >= 0.3 is 6.09 Å². The van der Waals surface area contributed by atoms with Gasteiger partial charge in [0.2, 0.25) is 0 Å². The fraction of sp³-hybridized carbons (Fsp3) is 0.231. The van der Waals surface area contributed by atoms with Crippen molar-refractivity contribution in [2.75, 3.05) is 6.54 Å². The lowest BCUT2D eigenvalue weighted by Gasteiger charge is -2.06. The number of ether oxygens (including phenoxy) is 1. The molecule has 20 heavy (non-hydrogen) atoms. The van der Waals surface area contributed by atoms with Crippen LogP contribution in [0.3, 0.4) is 0 Å². The highest BCUT2D eigenvalue weighted by atomic mass is 35.5. The maximum atomic E-state index is 11.5. The SMILES string of the molecule is O=C(NCCc1nc(Cl)sc1Cl)OCc1ccccc1. The number of thiazole rings is 1. The minimum absolute atomic E-state index is 0.246. The van der Waals surface area contributed by atoms with Gasteiger partial charge in [-0.15, -0.1) is 0 Å². The highest BCUT2D eigenvalue weighted by Gasteiger charge is 2.08. The minimum Gasteiger partial charge on any atom is -0.445 e. The number of benzene rings is 1. The van der Waals surface area contributed by atoms with Gasteiger partial charge in [0.25, 0.3) is 0 Å². The van der Waals surface area contributed by atoms with E-state index in [1.807, 2.05) is 30.3 Å². The Hall–Kier alpha value is -1.30. The standard InChI is InChI=1S/C13H12Cl2N2O2S/c14-11-10(17-12(15)20-11)6-7-16-13(18)19-8-9-4-2-1-3-5-9/h1-5H,6-8H2,(H,16,18). The third kappa shape index (κ3) is 4.67. The molecule has 1 aromatic carbocycles. The van der Waals surface area contributed by atoms with Crippen molar-refractivity contribution < 1.29 is 9.53 Å². The summed E-state index contributed by atoms with van der Waals surface area (Å²) in [5, 5.41) is 2.64. The maximum absolute atomic E-state index is 11.5. The molecule has 7 heteroatoms. The molecular weight excluding hydrogens is 319 g/mol. The van der Waals surface area contributed by atoms with Gasteiger partial charge in [0.15, 0.2) is 4.47 Å². The molecule has 0 aliphatic carbocycles. The van der Waals surface area contributed by atoms with E-state index in [4.69, 9.17) is 27.9 Å². The number of amides is 1. The van der Waals surface area contributed by atoms with Crippen molar-refractivity contribution in [3.05, 3.63) is 50.4 Å². The number of nitrogens with zero attached hydrogens (tertiary/aromatic N) is 1. The molecule has 2 aromatic rings. The molecule has 106 valence electrons. The number of hydrogen-bond donors (Lipinski definition) is 1. The summed E-state index contributed by atoms with van der Waals surface area (Å²) in [7, 11) is 0. The Labute approximate surface area is 130 Å². The quantitative estimate of drug-likeness (QED) is 0.903. The third-order valence-electron chi connectivity index (χ3n) is 2.47. The highest BCUT2D eigenvalue weighted by molar-refractivity contribution is 7.19. The van der Waals surface area contributed by atoms with Crippen LogP contribution >= 0.6 is 34.5 Å². The van der Waals surface area contributed by atoms with Gasteiger partial charge in [-0.2, -0.15) is 0 Å². The normalized spacial score (nSPS) is 10.3. The number of carbonyl (C=O) groups is 1. The molecule has 4 nitrogen and oxygen atoms in total. The van der Waals surface area contributed by atoms with Gasteiger partial charge in [0.05, 0.1) is 5.69 Å². The molecule has 0 atom stereocenters. The first kappa shape index (κ1) is 15.1. The van der Waals surface area contributed by atoms with Crippen molar-refractivity contribution in [2.24, 2.45) is 0 Å². The number of aromatic nitrogens is 1. The zero-order valence-corrected chi connectivity index (χ0v) is 12.8. The van der Waals surface area contributed by atoms with Crippen molar-refractivity contribution in [1.82, 2.24) is 10.3 Å². The molecule has 0 saturated carbocycles. The van der Waals surface area contributed by atoms with E-state index in [1.54, 1.807) is 0 Å². The molecule has 1 N–H and O–H groups in total. The van der Waals surface area contributed by atoms with E-state index in [0.717, 1.165) is 5.56 Å². The summed E-state index contributed by atoms with van der Waals surface area (Å²) in [6, 6.07) is 9.48. The number of rotatable bonds is 5. The minimum atomic E-state index is -0.466. The van der Waals surface area contributed by atoms with E-state index < -0.39 is 6.09 Å². The Balaban J connectivity index is 1.69. The molecule has 0 spiro atoms. The maximum Gasteiger partial charge on any atom is 0.407 e. The fourth-order valence-electron chi connectivity index (χ4n) is 1.52. The van der Waals surface area contributed by atoms with Crippen LogP contribution in [0.4, 0.5) is 4.79 Å². The predicted octanol–water partition coefficient (Wildman–Crippen LogP) is 3.92. The smallest absolute Gasteiger partial charge is 0.407 e. The monoisotopic (exact) mass is 330 g/mol. The summed E-state index contributed by atoms with van der Waals surface area (Å²) >= 11 is 12.9. The third-order valence-corrected chi connectivity index (χ3v) is 3.91. The first-order valence-electron chi connectivity index (χ1n) is 5.90. The molecule has 1 amide bonds. The fourth-order valence-corrected chi connectivity index (χ4v) is 2.89. The lowest BCUT2D eigenvalue weighted by molar-refractivity contribution is 0.140. The Morgan fingerprint density at radius 1 is 1.30 bits per heavy atom. The lowest BCUT2D eigenvalue weighted by Crippen LogP contribution is -2.26.